The number of carbonyl (C=O) groups is 1. The van der Waals surface area contributed by atoms with Gasteiger partial charge in [0.1, 0.15) is 29.2 Å². The number of nitrogens with zero attached hydrogens (tertiary/aromatic N) is 3. The summed E-state index contributed by atoms with van der Waals surface area (Å²) in [5.41, 5.74) is 2.19. The number of allylic oxidation sites excluding steroid dienone is 1. The van der Waals surface area contributed by atoms with Crippen molar-refractivity contribution in [2.24, 2.45) is 0 Å². The third-order valence-corrected chi connectivity index (χ3v) is 4.54. The first-order chi connectivity index (χ1) is 16.5. The van der Waals surface area contributed by atoms with Gasteiger partial charge in [-0.3, -0.25) is 0 Å². The van der Waals surface area contributed by atoms with E-state index in [9.17, 15) is 4.79 Å². The van der Waals surface area contributed by atoms with E-state index in [1.165, 1.54) is 12.4 Å². The average molecular weight is 475 g/mol. The maximum absolute atomic E-state index is 10.4. The third-order valence-electron chi connectivity index (χ3n) is 4.25. The zero-order valence-corrected chi connectivity index (χ0v) is 18.7. The second kappa shape index (κ2) is 11.8. The molecule has 0 fully saturated rings. The smallest absolute Gasteiger partial charge is 0.404 e. The molecule has 4 N–H and O–H groups in total. The SMILES string of the molecule is CNc1c(C#C/C=C/CNC(=O)O)ncnc1Nc1ccc(Oc2cccc(C#N)c2)c(Cl)c1. The van der Waals surface area contributed by atoms with Crippen molar-refractivity contribution in [1.82, 2.24) is 15.3 Å². The minimum absolute atomic E-state index is 0.156. The molecule has 0 saturated heterocycles. The van der Waals surface area contributed by atoms with Gasteiger partial charge in [0.15, 0.2) is 5.82 Å². The van der Waals surface area contributed by atoms with Crippen LogP contribution in [0.5, 0.6) is 11.5 Å². The van der Waals surface area contributed by atoms with Gasteiger partial charge in [-0.1, -0.05) is 29.7 Å². The van der Waals surface area contributed by atoms with E-state index >= 15 is 0 Å². The fraction of sp³-hybridized carbons (Fsp3) is 0.0833. The number of nitrogens with one attached hydrogen (secondary N) is 3. The van der Waals surface area contributed by atoms with Crippen molar-refractivity contribution in [3.05, 3.63) is 77.2 Å². The lowest BCUT2D eigenvalue weighted by atomic mass is 10.2. The Hall–Kier alpha value is -4.73. The van der Waals surface area contributed by atoms with Crippen LogP contribution in [0.3, 0.4) is 0 Å². The van der Waals surface area contributed by atoms with Gasteiger partial charge in [-0.2, -0.15) is 5.26 Å². The molecule has 0 spiro atoms. The fourth-order valence-corrected chi connectivity index (χ4v) is 2.96. The van der Waals surface area contributed by atoms with Crippen LogP contribution in [0.25, 0.3) is 0 Å². The summed E-state index contributed by atoms with van der Waals surface area (Å²) in [5, 5.41) is 26.4. The van der Waals surface area contributed by atoms with Crippen molar-refractivity contribution >= 4 is 34.9 Å². The van der Waals surface area contributed by atoms with Crippen LogP contribution < -0.4 is 20.7 Å². The Balaban J connectivity index is 1.75. The molecule has 3 rings (SSSR count). The number of aromatic nitrogens is 2. The number of amides is 1. The van der Waals surface area contributed by atoms with E-state index in [0.29, 0.717) is 45.0 Å². The van der Waals surface area contributed by atoms with Crippen LogP contribution in [0, 0.1) is 23.2 Å². The minimum Gasteiger partial charge on any atom is -0.465 e. The summed E-state index contributed by atoms with van der Waals surface area (Å²) in [6.45, 7) is 0.156. The third kappa shape index (κ3) is 6.63. The summed E-state index contributed by atoms with van der Waals surface area (Å²) in [6, 6.07) is 14.0. The van der Waals surface area contributed by atoms with Crippen LogP contribution in [0.4, 0.5) is 22.0 Å². The van der Waals surface area contributed by atoms with Gasteiger partial charge in [0.05, 0.1) is 16.7 Å². The van der Waals surface area contributed by atoms with Crippen LogP contribution >= 0.6 is 11.6 Å². The van der Waals surface area contributed by atoms with Gasteiger partial charge in [-0.15, -0.1) is 0 Å². The zero-order valence-electron chi connectivity index (χ0n) is 18.0. The largest absolute Gasteiger partial charge is 0.465 e. The quantitative estimate of drug-likeness (QED) is 0.360. The molecule has 3 aromatic rings. The molecular weight excluding hydrogens is 456 g/mol. The van der Waals surface area contributed by atoms with Crippen molar-refractivity contribution in [2.75, 3.05) is 24.2 Å². The Labute approximate surface area is 201 Å². The number of ether oxygens (including phenoxy) is 1. The van der Waals surface area contributed by atoms with E-state index in [1.807, 2.05) is 0 Å². The highest BCUT2D eigenvalue weighted by Gasteiger charge is 2.11. The van der Waals surface area contributed by atoms with Crippen molar-refractivity contribution in [2.45, 2.75) is 0 Å². The topological polar surface area (TPSA) is 132 Å². The molecule has 0 aliphatic carbocycles. The van der Waals surface area contributed by atoms with Crippen molar-refractivity contribution < 1.29 is 14.6 Å². The number of hydrogen-bond acceptors (Lipinski definition) is 7. The Morgan fingerprint density at radius 2 is 2.12 bits per heavy atom. The van der Waals surface area contributed by atoms with Crippen LogP contribution in [-0.2, 0) is 0 Å². The van der Waals surface area contributed by atoms with Crippen LogP contribution in [0.1, 0.15) is 11.3 Å². The summed E-state index contributed by atoms with van der Waals surface area (Å²) in [7, 11) is 1.72. The van der Waals surface area contributed by atoms with Crippen LogP contribution in [0.2, 0.25) is 5.02 Å². The van der Waals surface area contributed by atoms with Crippen LogP contribution in [-0.4, -0.2) is 34.8 Å². The first-order valence-corrected chi connectivity index (χ1v) is 10.3. The predicted molar refractivity (Wildman–Crippen MR) is 130 cm³/mol. The van der Waals surface area contributed by atoms with Gasteiger partial charge >= 0.3 is 6.09 Å². The number of rotatable bonds is 7. The van der Waals surface area contributed by atoms with Gasteiger partial charge in [-0.05, 0) is 48.4 Å². The molecule has 0 aliphatic heterocycles. The van der Waals surface area contributed by atoms with Gasteiger partial charge in [0.25, 0.3) is 0 Å². The molecule has 0 saturated carbocycles. The molecule has 2 aromatic carbocycles. The monoisotopic (exact) mass is 474 g/mol. The lowest BCUT2D eigenvalue weighted by molar-refractivity contribution is 0.195. The Morgan fingerprint density at radius 3 is 2.85 bits per heavy atom. The lowest BCUT2D eigenvalue weighted by Crippen LogP contribution is -2.20. The number of nitriles is 1. The Kier molecular flexibility index (Phi) is 8.28. The first-order valence-electron chi connectivity index (χ1n) is 9.91. The fourth-order valence-electron chi connectivity index (χ4n) is 2.74. The lowest BCUT2D eigenvalue weighted by Gasteiger charge is -2.13. The molecule has 0 unspecified atom stereocenters. The second-order valence-corrected chi connectivity index (χ2v) is 6.97. The normalized spacial score (nSPS) is 10.0. The summed E-state index contributed by atoms with van der Waals surface area (Å²) >= 11 is 6.40. The maximum Gasteiger partial charge on any atom is 0.404 e. The number of halogens is 1. The average Bonchev–Trinajstić information content (AvgIpc) is 2.83. The van der Waals surface area contributed by atoms with Crippen molar-refractivity contribution in [3.63, 3.8) is 0 Å². The second-order valence-electron chi connectivity index (χ2n) is 6.57. The number of carboxylic acid groups (broad SMARTS) is 1. The van der Waals surface area contributed by atoms with Crippen molar-refractivity contribution in [1.29, 1.82) is 5.26 Å². The first kappa shape index (κ1) is 23.9. The highest BCUT2D eigenvalue weighted by Crippen LogP contribution is 2.33. The number of anilines is 3. The van der Waals surface area contributed by atoms with Gasteiger partial charge in [0, 0.05) is 19.3 Å². The molecule has 1 heterocycles. The van der Waals surface area contributed by atoms with Gasteiger partial charge < -0.3 is 25.8 Å². The van der Waals surface area contributed by atoms with Gasteiger partial charge in [0.2, 0.25) is 0 Å². The molecule has 10 heteroatoms. The maximum atomic E-state index is 10.4. The molecule has 0 aliphatic rings. The van der Waals surface area contributed by atoms with E-state index < -0.39 is 6.09 Å². The van der Waals surface area contributed by atoms with Crippen LogP contribution in [0.15, 0.2) is 60.9 Å². The van der Waals surface area contributed by atoms with E-state index in [2.05, 4.69) is 43.8 Å². The number of hydrogen-bond donors (Lipinski definition) is 4. The van der Waals surface area contributed by atoms with Gasteiger partial charge in [-0.25, -0.2) is 14.8 Å². The van der Waals surface area contributed by atoms with Crippen molar-refractivity contribution in [3.8, 4) is 29.4 Å². The highest BCUT2D eigenvalue weighted by molar-refractivity contribution is 6.32. The molecule has 0 radical (unpaired) electrons. The van der Waals surface area contributed by atoms with E-state index in [0.717, 1.165) is 0 Å². The molecule has 0 atom stereocenters. The molecule has 0 bridgehead atoms. The highest BCUT2D eigenvalue weighted by atomic mass is 35.5. The van der Waals surface area contributed by atoms with E-state index in [4.69, 9.17) is 26.7 Å². The molecule has 9 nitrogen and oxygen atoms in total. The molecular formula is C24H19ClN6O3. The molecule has 1 aromatic heterocycles. The summed E-state index contributed by atoms with van der Waals surface area (Å²) < 4.78 is 5.80. The molecule has 170 valence electrons. The molecule has 34 heavy (non-hydrogen) atoms. The minimum atomic E-state index is -1.10. The Bertz CT molecular complexity index is 1320. The summed E-state index contributed by atoms with van der Waals surface area (Å²) in [4.78, 5) is 18.9. The standard InChI is InChI=1S/C24H19ClN6O3/c1-27-22-20(8-3-2-4-11-28-24(32)33)29-15-30-23(22)31-17-9-10-21(19(25)13-17)34-18-7-5-6-16(12-18)14-26/h2,4-7,9-10,12-13,15,27-28H,11H2,1H3,(H,32,33)(H,29,30,31)/b4-2+. The summed E-state index contributed by atoms with van der Waals surface area (Å²) in [5.74, 6) is 7.15. The molecule has 1 amide bonds. The van der Waals surface area contributed by atoms with E-state index in [1.54, 1.807) is 55.6 Å². The zero-order chi connectivity index (χ0) is 24.3. The Morgan fingerprint density at radius 1 is 1.26 bits per heavy atom. The predicted octanol–water partition coefficient (Wildman–Crippen LogP) is 4.75. The van der Waals surface area contributed by atoms with E-state index in [-0.39, 0.29) is 6.54 Å². The summed E-state index contributed by atoms with van der Waals surface area (Å²) in [6.07, 6.45) is 3.40. The number of benzene rings is 2.